The number of hydrogen-bond donors (Lipinski definition) is 1. The van der Waals surface area contributed by atoms with Crippen LogP contribution in [0.25, 0.3) is 0 Å². The summed E-state index contributed by atoms with van der Waals surface area (Å²) in [7, 11) is -3.34. The van der Waals surface area contributed by atoms with Crippen LogP contribution in [0.5, 0.6) is 0 Å². The van der Waals surface area contributed by atoms with Crippen LogP contribution in [-0.2, 0) is 9.84 Å². The second-order valence-electron chi connectivity index (χ2n) is 4.48. The molecule has 0 saturated carbocycles. The van der Waals surface area contributed by atoms with Gasteiger partial charge in [0.15, 0.2) is 9.84 Å². The summed E-state index contributed by atoms with van der Waals surface area (Å²) in [5.41, 5.74) is -0.449. The van der Waals surface area contributed by atoms with Crippen molar-refractivity contribution in [2.75, 3.05) is 11.1 Å². The van der Waals surface area contributed by atoms with Crippen LogP contribution >= 0.6 is 0 Å². The molecule has 0 atom stereocenters. The first kappa shape index (κ1) is 16.1. The van der Waals surface area contributed by atoms with Gasteiger partial charge >= 0.3 is 0 Å². The monoisotopic (exact) mass is 325 g/mol. The molecule has 0 fully saturated rings. The van der Waals surface area contributed by atoms with Crippen LogP contribution in [0.2, 0.25) is 0 Å². The first-order valence-corrected chi connectivity index (χ1v) is 8.08. The fourth-order valence-electron chi connectivity index (χ4n) is 1.82. The van der Waals surface area contributed by atoms with E-state index in [2.05, 4.69) is 5.32 Å². The van der Waals surface area contributed by atoms with E-state index < -0.39 is 32.9 Å². The van der Waals surface area contributed by atoms with Crippen molar-refractivity contribution >= 4 is 21.4 Å². The van der Waals surface area contributed by atoms with Crippen molar-refractivity contribution < 1.29 is 22.0 Å². The SMILES string of the molecule is CCS(=O)(=O)c1ccc(NC(=O)c2c(F)cccc2F)cc1. The van der Waals surface area contributed by atoms with Crippen molar-refractivity contribution in [2.24, 2.45) is 0 Å². The minimum absolute atomic E-state index is 0.0425. The van der Waals surface area contributed by atoms with Crippen LogP contribution in [0.1, 0.15) is 17.3 Å². The first-order chi connectivity index (χ1) is 10.3. The molecule has 1 N–H and O–H groups in total. The molecule has 0 radical (unpaired) electrons. The standard InChI is InChI=1S/C15H13F2NO3S/c1-2-22(20,21)11-8-6-10(7-9-11)18-15(19)14-12(16)4-3-5-13(14)17/h3-9H,2H2,1H3,(H,18,19). The van der Waals surface area contributed by atoms with E-state index in [1.54, 1.807) is 0 Å². The molecule has 0 aliphatic rings. The van der Waals surface area contributed by atoms with Crippen LogP contribution in [0.4, 0.5) is 14.5 Å². The van der Waals surface area contributed by atoms with Gasteiger partial charge in [0.25, 0.3) is 5.91 Å². The highest BCUT2D eigenvalue weighted by atomic mass is 32.2. The number of sulfone groups is 1. The van der Waals surface area contributed by atoms with Crippen molar-refractivity contribution in [3.8, 4) is 0 Å². The number of benzene rings is 2. The van der Waals surface area contributed by atoms with E-state index >= 15 is 0 Å². The smallest absolute Gasteiger partial charge is 0.261 e. The van der Waals surface area contributed by atoms with Gasteiger partial charge in [-0.15, -0.1) is 0 Å². The third kappa shape index (κ3) is 3.30. The second-order valence-corrected chi connectivity index (χ2v) is 6.76. The van der Waals surface area contributed by atoms with Crippen LogP contribution in [0.15, 0.2) is 47.4 Å². The number of carbonyl (C=O) groups excluding carboxylic acids is 1. The molecule has 0 bridgehead atoms. The van der Waals surface area contributed by atoms with E-state index in [1.165, 1.54) is 31.2 Å². The van der Waals surface area contributed by atoms with Crippen LogP contribution in [-0.4, -0.2) is 20.1 Å². The predicted molar refractivity (Wildman–Crippen MR) is 78.5 cm³/mol. The number of amides is 1. The van der Waals surface area contributed by atoms with E-state index in [0.717, 1.165) is 18.2 Å². The van der Waals surface area contributed by atoms with E-state index in [9.17, 15) is 22.0 Å². The Kier molecular flexibility index (Phi) is 4.56. The number of hydrogen-bond acceptors (Lipinski definition) is 3. The van der Waals surface area contributed by atoms with Crippen molar-refractivity contribution in [2.45, 2.75) is 11.8 Å². The molecule has 0 heterocycles. The van der Waals surface area contributed by atoms with Gasteiger partial charge in [0.2, 0.25) is 0 Å². The Morgan fingerprint density at radius 3 is 2.09 bits per heavy atom. The van der Waals surface area contributed by atoms with Gasteiger partial charge in [-0.1, -0.05) is 13.0 Å². The average molecular weight is 325 g/mol. The second kappa shape index (κ2) is 6.23. The number of rotatable bonds is 4. The maximum absolute atomic E-state index is 13.5. The molecule has 7 heteroatoms. The van der Waals surface area contributed by atoms with Gasteiger partial charge in [-0.3, -0.25) is 4.79 Å². The molecule has 0 unspecified atom stereocenters. The third-order valence-corrected chi connectivity index (χ3v) is 4.79. The Bertz CT molecular complexity index is 782. The number of halogens is 2. The fraction of sp³-hybridized carbons (Fsp3) is 0.133. The highest BCUT2D eigenvalue weighted by molar-refractivity contribution is 7.91. The lowest BCUT2D eigenvalue weighted by Gasteiger charge is -2.08. The molecule has 2 aromatic rings. The zero-order valence-corrected chi connectivity index (χ0v) is 12.5. The first-order valence-electron chi connectivity index (χ1n) is 6.43. The summed E-state index contributed by atoms with van der Waals surface area (Å²) < 4.78 is 50.3. The van der Waals surface area contributed by atoms with Crippen molar-refractivity contribution in [3.05, 3.63) is 59.7 Å². The van der Waals surface area contributed by atoms with Gasteiger partial charge in [-0.2, -0.15) is 0 Å². The quantitative estimate of drug-likeness (QED) is 0.940. The van der Waals surface area contributed by atoms with Crippen LogP contribution < -0.4 is 5.32 Å². The summed E-state index contributed by atoms with van der Waals surface area (Å²) in [6.07, 6.45) is 0. The molecule has 0 saturated heterocycles. The molecular weight excluding hydrogens is 312 g/mol. The summed E-state index contributed by atoms with van der Waals surface area (Å²) in [4.78, 5) is 12.0. The van der Waals surface area contributed by atoms with Gasteiger partial charge in [-0.25, -0.2) is 17.2 Å². The third-order valence-electron chi connectivity index (χ3n) is 3.04. The van der Waals surface area contributed by atoms with E-state index in [1.807, 2.05) is 0 Å². The molecule has 1 amide bonds. The number of anilines is 1. The van der Waals surface area contributed by atoms with E-state index in [0.29, 0.717) is 0 Å². The lowest BCUT2D eigenvalue weighted by molar-refractivity contribution is 0.101. The van der Waals surface area contributed by atoms with Crippen molar-refractivity contribution in [1.82, 2.24) is 0 Å². The van der Waals surface area contributed by atoms with Gasteiger partial charge in [0, 0.05) is 5.69 Å². The molecule has 22 heavy (non-hydrogen) atoms. The minimum Gasteiger partial charge on any atom is -0.322 e. The van der Waals surface area contributed by atoms with Crippen molar-refractivity contribution in [1.29, 1.82) is 0 Å². The molecule has 116 valence electrons. The Morgan fingerprint density at radius 1 is 1.05 bits per heavy atom. The topological polar surface area (TPSA) is 63.2 Å². The Labute approximate surface area is 126 Å². The Hall–Kier alpha value is -2.28. The molecule has 2 aromatic carbocycles. The van der Waals surface area contributed by atoms with E-state index in [-0.39, 0.29) is 16.3 Å². The number of carbonyl (C=O) groups is 1. The summed E-state index contributed by atoms with van der Waals surface area (Å²) in [6, 6.07) is 8.49. The minimum atomic E-state index is -3.34. The summed E-state index contributed by atoms with van der Waals surface area (Å²) in [5, 5.41) is 2.32. The van der Waals surface area contributed by atoms with Gasteiger partial charge in [0.1, 0.15) is 17.2 Å². The normalized spacial score (nSPS) is 11.2. The molecule has 4 nitrogen and oxygen atoms in total. The molecule has 2 rings (SSSR count). The largest absolute Gasteiger partial charge is 0.322 e. The fourth-order valence-corrected chi connectivity index (χ4v) is 2.70. The molecule has 0 aliphatic carbocycles. The van der Waals surface area contributed by atoms with Gasteiger partial charge in [-0.05, 0) is 36.4 Å². The maximum atomic E-state index is 13.5. The molecule has 0 aliphatic heterocycles. The average Bonchev–Trinajstić information content (AvgIpc) is 2.47. The molecular formula is C15H13F2NO3S. The molecule has 0 aromatic heterocycles. The zero-order chi connectivity index (χ0) is 16.3. The Balaban J connectivity index is 2.23. The lowest BCUT2D eigenvalue weighted by Crippen LogP contribution is -2.16. The van der Waals surface area contributed by atoms with Crippen LogP contribution in [0.3, 0.4) is 0 Å². The summed E-state index contributed by atoms with van der Waals surface area (Å²) in [6.45, 7) is 1.52. The molecule has 0 spiro atoms. The highest BCUT2D eigenvalue weighted by Gasteiger charge is 2.17. The number of nitrogens with one attached hydrogen (secondary N) is 1. The van der Waals surface area contributed by atoms with Gasteiger partial charge < -0.3 is 5.32 Å². The predicted octanol–water partition coefficient (Wildman–Crippen LogP) is 3.01. The zero-order valence-electron chi connectivity index (χ0n) is 11.6. The van der Waals surface area contributed by atoms with Crippen LogP contribution in [0, 0.1) is 11.6 Å². The Morgan fingerprint density at radius 2 is 1.59 bits per heavy atom. The summed E-state index contributed by atoms with van der Waals surface area (Å²) >= 11 is 0. The summed E-state index contributed by atoms with van der Waals surface area (Å²) in [5.74, 6) is -2.92. The highest BCUT2D eigenvalue weighted by Crippen LogP contribution is 2.18. The van der Waals surface area contributed by atoms with E-state index in [4.69, 9.17) is 0 Å². The lowest BCUT2D eigenvalue weighted by atomic mass is 10.2. The maximum Gasteiger partial charge on any atom is 0.261 e. The van der Waals surface area contributed by atoms with Crippen molar-refractivity contribution in [3.63, 3.8) is 0 Å². The van der Waals surface area contributed by atoms with Gasteiger partial charge in [0.05, 0.1) is 10.6 Å².